The Morgan fingerprint density at radius 1 is 1.04 bits per heavy atom. The van der Waals surface area contributed by atoms with E-state index >= 15 is 0 Å². The Hall–Kier alpha value is -2.66. The van der Waals surface area contributed by atoms with Gasteiger partial charge in [-0.25, -0.2) is 4.79 Å². The molecule has 0 aliphatic rings. The van der Waals surface area contributed by atoms with Gasteiger partial charge in [-0.05, 0) is 36.8 Å². The maximum atomic E-state index is 12.0. The first kappa shape index (κ1) is 16.7. The van der Waals surface area contributed by atoms with Crippen LogP contribution in [0.1, 0.15) is 28.9 Å². The predicted molar refractivity (Wildman–Crippen MR) is 89.3 cm³/mol. The smallest absolute Gasteiger partial charge is 0.337 e. The number of carbonyl (C=O) groups excluding carboxylic acids is 2. The van der Waals surface area contributed by atoms with Gasteiger partial charge in [0, 0.05) is 11.7 Å². The van der Waals surface area contributed by atoms with E-state index in [0.29, 0.717) is 11.3 Å². The number of nitrogens with one attached hydrogen (secondary N) is 2. The second-order valence-electron chi connectivity index (χ2n) is 5.13. The highest BCUT2D eigenvalue weighted by atomic mass is 16.5. The van der Waals surface area contributed by atoms with Crippen LogP contribution < -0.4 is 10.6 Å². The maximum absolute atomic E-state index is 12.0. The summed E-state index contributed by atoms with van der Waals surface area (Å²) in [5.74, 6) is -0.542. The number of carbonyl (C=O) groups is 2. The lowest BCUT2D eigenvalue weighted by Gasteiger charge is -2.14. The molecule has 2 aromatic carbocycles. The number of amides is 1. The first-order valence-corrected chi connectivity index (χ1v) is 7.36. The fourth-order valence-electron chi connectivity index (χ4n) is 2.12. The Labute approximate surface area is 135 Å². The molecule has 0 aliphatic heterocycles. The van der Waals surface area contributed by atoms with Crippen molar-refractivity contribution in [2.24, 2.45) is 0 Å². The van der Waals surface area contributed by atoms with Gasteiger partial charge in [0.2, 0.25) is 5.91 Å². The topological polar surface area (TPSA) is 67.4 Å². The quantitative estimate of drug-likeness (QED) is 0.805. The highest BCUT2D eigenvalue weighted by Crippen LogP contribution is 2.12. The molecule has 0 fully saturated rings. The first-order valence-electron chi connectivity index (χ1n) is 7.36. The van der Waals surface area contributed by atoms with Gasteiger partial charge in [0.15, 0.2) is 0 Å². The Balaban J connectivity index is 1.84. The van der Waals surface area contributed by atoms with Gasteiger partial charge in [0.25, 0.3) is 0 Å². The van der Waals surface area contributed by atoms with Crippen LogP contribution in [-0.2, 0) is 9.53 Å². The third-order valence-corrected chi connectivity index (χ3v) is 3.46. The normalized spacial score (nSPS) is 11.6. The molecular weight excluding hydrogens is 292 g/mol. The summed E-state index contributed by atoms with van der Waals surface area (Å²) in [5.41, 5.74) is 2.21. The zero-order valence-corrected chi connectivity index (χ0v) is 13.2. The van der Waals surface area contributed by atoms with Gasteiger partial charge in [-0.3, -0.25) is 4.79 Å². The van der Waals surface area contributed by atoms with E-state index in [4.69, 9.17) is 0 Å². The minimum Gasteiger partial charge on any atom is -0.465 e. The van der Waals surface area contributed by atoms with Crippen LogP contribution in [0.15, 0.2) is 54.6 Å². The van der Waals surface area contributed by atoms with Crippen molar-refractivity contribution in [2.45, 2.75) is 13.0 Å². The van der Waals surface area contributed by atoms with Crippen LogP contribution in [-0.4, -0.2) is 25.5 Å². The van der Waals surface area contributed by atoms with Gasteiger partial charge < -0.3 is 15.4 Å². The molecule has 1 unspecified atom stereocenters. The lowest BCUT2D eigenvalue weighted by atomic mass is 10.1. The van der Waals surface area contributed by atoms with Crippen molar-refractivity contribution in [1.29, 1.82) is 0 Å². The summed E-state index contributed by atoms with van der Waals surface area (Å²) in [7, 11) is 1.33. The maximum Gasteiger partial charge on any atom is 0.337 e. The van der Waals surface area contributed by atoms with E-state index in [0.717, 1.165) is 5.56 Å². The first-order chi connectivity index (χ1) is 11.1. The van der Waals surface area contributed by atoms with Crippen LogP contribution in [0.2, 0.25) is 0 Å². The van der Waals surface area contributed by atoms with Crippen LogP contribution in [0.25, 0.3) is 0 Å². The molecule has 0 bridgehead atoms. The average molecular weight is 312 g/mol. The molecule has 23 heavy (non-hydrogen) atoms. The lowest BCUT2D eigenvalue weighted by Crippen LogP contribution is -2.30. The highest BCUT2D eigenvalue weighted by Gasteiger charge is 2.08. The standard InChI is InChI=1S/C18H20N2O3/c1-13(14-6-4-3-5-7-14)19-12-17(21)20-16-10-8-15(9-11-16)18(22)23-2/h3-11,13,19H,12H2,1-2H3,(H,20,21). The Kier molecular flexibility index (Phi) is 5.88. The summed E-state index contributed by atoms with van der Waals surface area (Å²) >= 11 is 0. The van der Waals surface area contributed by atoms with E-state index in [1.54, 1.807) is 24.3 Å². The lowest BCUT2D eigenvalue weighted by molar-refractivity contribution is -0.115. The molecule has 0 radical (unpaired) electrons. The van der Waals surface area contributed by atoms with E-state index in [-0.39, 0.29) is 18.5 Å². The summed E-state index contributed by atoms with van der Waals surface area (Å²) in [4.78, 5) is 23.3. The van der Waals surface area contributed by atoms with Crippen LogP contribution in [0.4, 0.5) is 5.69 Å². The van der Waals surface area contributed by atoms with Crippen LogP contribution in [0.5, 0.6) is 0 Å². The Morgan fingerprint density at radius 2 is 1.70 bits per heavy atom. The molecule has 0 aromatic heterocycles. The van der Waals surface area contributed by atoms with Gasteiger partial charge in [-0.1, -0.05) is 30.3 Å². The summed E-state index contributed by atoms with van der Waals surface area (Å²) in [6.07, 6.45) is 0. The number of benzene rings is 2. The second-order valence-corrected chi connectivity index (χ2v) is 5.13. The van der Waals surface area contributed by atoms with Crippen molar-refractivity contribution in [2.75, 3.05) is 19.0 Å². The third-order valence-electron chi connectivity index (χ3n) is 3.46. The number of esters is 1. The molecule has 0 saturated carbocycles. The third kappa shape index (κ3) is 4.93. The number of hydrogen-bond acceptors (Lipinski definition) is 4. The summed E-state index contributed by atoms with van der Waals surface area (Å²) in [6, 6.07) is 16.6. The molecule has 120 valence electrons. The van der Waals surface area contributed by atoms with Crippen molar-refractivity contribution in [3.63, 3.8) is 0 Å². The minimum atomic E-state index is -0.402. The Bertz CT molecular complexity index is 654. The highest BCUT2D eigenvalue weighted by molar-refractivity contribution is 5.93. The molecular formula is C18H20N2O3. The largest absolute Gasteiger partial charge is 0.465 e. The van der Waals surface area contributed by atoms with Crippen molar-refractivity contribution < 1.29 is 14.3 Å². The van der Waals surface area contributed by atoms with Crippen molar-refractivity contribution in [3.8, 4) is 0 Å². The van der Waals surface area contributed by atoms with Crippen LogP contribution in [0, 0.1) is 0 Å². The van der Waals surface area contributed by atoms with Crippen molar-refractivity contribution in [3.05, 3.63) is 65.7 Å². The SMILES string of the molecule is COC(=O)c1ccc(NC(=O)CNC(C)c2ccccc2)cc1. The molecule has 0 heterocycles. The average Bonchev–Trinajstić information content (AvgIpc) is 2.60. The van der Waals surface area contributed by atoms with Crippen molar-refractivity contribution in [1.82, 2.24) is 5.32 Å². The number of methoxy groups -OCH3 is 1. The fraction of sp³-hybridized carbons (Fsp3) is 0.222. The Morgan fingerprint density at radius 3 is 2.30 bits per heavy atom. The van der Waals surface area contributed by atoms with E-state index < -0.39 is 5.97 Å². The van der Waals surface area contributed by atoms with Gasteiger partial charge in [-0.15, -0.1) is 0 Å². The van der Waals surface area contributed by atoms with Crippen LogP contribution >= 0.6 is 0 Å². The van der Waals surface area contributed by atoms with Gasteiger partial charge >= 0.3 is 5.97 Å². The summed E-state index contributed by atoms with van der Waals surface area (Å²) < 4.78 is 4.63. The van der Waals surface area contributed by atoms with Gasteiger partial charge in [-0.2, -0.15) is 0 Å². The predicted octanol–water partition coefficient (Wildman–Crippen LogP) is 2.76. The molecule has 0 aliphatic carbocycles. The van der Waals surface area contributed by atoms with E-state index in [1.807, 2.05) is 37.3 Å². The van der Waals surface area contributed by atoms with Crippen molar-refractivity contribution >= 4 is 17.6 Å². The number of rotatable bonds is 6. The summed E-state index contributed by atoms with van der Waals surface area (Å²) in [5, 5.41) is 5.95. The molecule has 1 amide bonds. The zero-order chi connectivity index (χ0) is 16.7. The molecule has 1 atom stereocenters. The van der Waals surface area contributed by atoms with Gasteiger partial charge in [0.1, 0.15) is 0 Å². The van der Waals surface area contributed by atoms with Crippen LogP contribution in [0.3, 0.4) is 0 Å². The molecule has 5 heteroatoms. The monoisotopic (exact) mass is 312 g/mol. The molecule has 2 rings (SSSR count). The fourth-order valence-corrected chi connectivity index (χ4v) is 2.12. The van der Waals surface area contributed by atoms with E-state index in [1.165, 1.54) is 7.11 Å². The second kappa shape index (κ2) is 8.10. The molecule has 5 nitrogen and oxygen atoms in total. The number of anilines is 1. The molecule has 0 saturated heterocycles. The van der Waals surface area contributed by atoms with Gasteiger partial charge in [0.05, 0.1) is 19.2 Å². The molecule has 2 N–H and O–H groups in total. The zero-order valence-electron chi connectivity index (χ0n) is 13.2. The van der Waals surface area contributed by atoms with E-state index in [2.05, 4.69) is 15.4 Å². The molecule has 0 spiro atoms. The number of ether oxygens (including phenoxy) is 1. The molecule has 2 aromatic rings. The van der Waals surface area contributed by atoms with E-state index in [9.17, 15) is 9.59 Å². The number of hydrogen-bond donors (Lipinski definition) is 2. The summed E-state index contributed by atoms with van der Waals surface area (Å²) in [6.45, 7) is 2.21. The minimum absolute atomic E-state index is 0.0867.